The minimum Gasteiger partial charge on any atom is -0.378 e. The number of nitrogens with zero attached hydrogens (tertiary/aromatic N) is 1. The van der Waals surface area contributed by atoms with Crippen molar-refractivity contribution >= 4 is 24.4 Å². The third-order valence-corrected chi connectivity index (χ3v) is 3.37. The Morgan fingerprint density at radius 3 is 2.75 bits per heavy atom. The molecule has 0 aliphatic carbocycles. The molecule has 1 aliphatic rings. The first-order chi connectivity index (χ1) is 9.66. The van der Waals surface area contributed by atoms with Crippen LogP contribution in [0.4, 0.5) is 0 Å². The van der Waals surface area contributed by atoms with Crippen molar-refractivity contribution in [1.29, 1.82) is 0 Å². The molecular formula is C14H18N2O3S. The second-order valence-corrected chi connectivity index (χ2v) is 5.07. The zero-order valence-electron chi connectivity index (χ0n) is 11.2. The Morgan fingerprint density at radius 2 is 2.05 bits per heavy atom. The van der Waals surface area contributed by atoms with E-state index in [2.05, 4.69) is 17.9 Å². The summed E-state index contributed by atoms with van der Waals surface area (Å²) >= 11 is 4.19. The van der Waals surface area contributed by atoms with Crippen LogP contribution in [0.1, 0.15) is 16.8 Å². The van der Waals surface area contributed by atoms with E-state index in [0.717, 1.165) is 4.90 Å². The van der Waals surface area contributed by atoms with Crippen molar-refractivity contribution in [3.63, 3.8) is 0 Å². The number of amides is 2. The molecule has 0 saturated carbocycles. The summed E-state index contributed by atoms with van der Waals surface area (Å²) in [6.07, 6.45) is 0.312. The summed E-state index contributed by atoms with van der Waals surface area (Å²) < 4.78 is 5.19. The monoisotopic (exact) mass is 294 g/mol. The van der Waals surface area contributed by atoms with Crippen LogP contribution in [-0.4, -0.2) is 49.6 Å². The van der Waals surface area contributed by atoms with Gasteiger partial charge in [-0.15, -0.1) is 12.6 Å². The molecule has 5 nitrogen and oxygen atoms in total. The first-order valence-corrected chi connectivity index (χ1v) is 7.04. The lowest BCUT2D eigenvalue weighted by Crippen LogP contribution is -2.42. The Hall–Kier alpha value is -1.53. The molecule has 6 heteroatoms. The van der Waals surface area contributed by atoms with E-state index in [-0.39, 0.29) is 11.8 Å². The average Bonchev–Trinajstić information content (AvgIpc) is 2.48. The number of carbonyl (C=O) groups is 2. The molecule has 2 amide bonds. The number of hydrogen-bond acceptors (Lipinski definition) is 4. The summed E-state index contributed by atoms with van der Waals surface area (Å²) in [6.45, 7) is 2.79. The summed E-state index contributed by atoms with van der Waals surface area (Å²) in [6, 6.07) is 7.00. The number of nitrogens with one attached hydrogen (secondary N) is 1. The van der Waals surface area contributed by atoms with E-state index in [0.29, 0.717) is 44.8 Å². The predicted molar refractivity (Wildman–Crippen MR) is 78.0 cm³/mol. The molecule has 1 heterocycles. The molecule has 1 aromatic rings. The fourth-order valence-electron chi connectivity index (χ4n) is 2.00. The molecule has 0 spiro atoms. The van der Waals surface area contributed by atoms with Crippen LogP contribution in [0, 0.1) is 0 Å². The van der Waals surface area contributed by atoms with Crippen molar-refractivity contribution in [2.24, 2.45) is 0 Å². The molecule has 1 N–H and O–H groups in total. The second-order valence-electron chi connectivity index (χ2n) is 4.55. The fraction of sp³-hybridized carbons (Fsp3) is 0.429. The van der Waals surface area contributed by atoms with Crippen LogP contribution in [0.3, 0.4) is 0 Å². The topological polar surface area (TPSA) is 58.6 Å². The fourth-order valence-corrected chi connectivity index (χ4v) is 2.23. The third kappa shape index (κ3) is 4.25. The van der Waals surface area contributed by atoms with Gasteiger partial charge < -0.3 is 15.0 Å². The minimum absolute atomic E-state index is 0.0524. The Balaban J connectivity index is 1.75. The number of thiol groups is 1. The molecule has 108 valence electrons. The quantitative estimate of drug-likeness (QED) is 0.813. The van der Waals surface area contributed by atoms with Crippen LogP contribution in [0.2, 0.25) is 0 Å². The molecule has 1 aromatic carbocycles. The Labute approximate surface area is 123 Å². The zero-order chi connectivity index (χ0) is 14.4. The molecule has 2 rings (SSSR count). The molecular weight excluding hydrogens is 276 g/mol. The molecule has 1 fully saturated rings. The number of ether oxygens (including phenoxy) is 1. The average molecular weight is 294 g/mol. The normalized spacial score (nSPS) is 14.9. The lowest BCUT2D eigenvalue weighted by atomic mass is 10.2. The minimum atomic E-state index is -0.185. The highest BCUT2D eigenvalue weighted by Gasteiger charge is 2.16. The lowest BCUT2D eigenvalue weighted by Gasteiger charge is -2.26. The van der Waals surface area contributed by atoms with Crippen molar-refractivity contribution in [1.82, 2.24) is 10.2 Å². The van der Waals surface area contributed by atoms with E-state index in [1.165, 1.54) is 0 Å². The van der Waals surface area contributed by atoms with E-state index in [4.69, 9.17) is 4.74 Å². The van der Waals surface area contributed by atoms with E-state index < -0.39 is 0 Å². The second kappa shape index (κ2) is 7.31. The highest BCUT2D eigenvalue weighted by molar-refractivity contribution is 7.80. The highest BCUT2D eigenvalue weighted by atomic mass is 32.1. The van der Waals surface area contributed by atoms with Gasteiger partial charge >= 0.3 is 0 Å². The third-order valence-electron chi connectivity index (χ3n) is 3.10. The largest absolute Gasteiger partial charge is 0.378 e. The molecule has 0 aromatic heterocycles. The van der Waals surface area contributed by atoms with Crippen LogP contribution in [0.25, 0.3) is 0 Å². The zero-order valence-corrected chi connectivity index (χ0v) is 12.1. The maximum atomic E-state index is 11.9. The molecule has 0 atom stereocenters. The number of carbonyl (C=O) groups excluding carboxylic acids is 2. The van der Waals surface area contributed by atoms with Crippen molar-refractivity contribution in [3.8, 4) is 0 Å². The van der Waals surface area contributed by atoms with Gasteiger partial charge in [-0.05, 0) is 18.2 Å². The van der Waals surface area contributed by atoms with Gasteiger partial charge in [0.2, 0.25) is 5.91 Å². The van der Waals surface area contributed by atoms with E-state index in [1.54, 1.807) is 23.1 Å². The molecule has 0 unspecified atom stereocenters. The Bertz CT molecular complexity index is 487. The number of rotatable bonds is 4. The van der Waals surface area contributed by atoms with Gasteiger partial charge in [0, 0.05) is 36.5 Å². The maximum Gasteiger partial charge on any atom is 0.251 e. The number of hydrogen-bond donors (Lipinski definition) is 2. The van der Waals surface area contributed by atoms with E-state index >= 15 is 0 Å². The number of morpholine rings is 1. The van der Waals surface area contributed by atoms with Crippen LogP contribution >= 0.6 is 12.6 Å². The van der Waals surface area contributed by atoms with Crippen molar-refractivity contribution in [3.05, 3.63) is 29.8 Å². The first kappa shape index (κ1) is 14.9. The van der Waals surface area contributed by atoms with Crippen molar-refractivity contribution in [2.45, 2.75) is 11.3 Å². The molecule has 1 saturated heterocycles. The highest BCUT2D eigenvalue weighted by Crippen LogP contribution is 2.08. The van der Waals surface area contributed by atoms with Gasteiger partial charge in [-0.2, -0.15) is 0 Å². The van der Waals surface area contributed by atoms with Crippen LogP contribution in [-0.2, 0) is 9.53 Å². The van der Waals surface area contributed by atoms with Crippen molar-refractivity contribution < 1.29 is 14.3 Å². The maximum absolute atomic E-state index is 11.9. The molecule has 20 heavy (non-hydrogen) atoms. The van der Waals surface area contributed by atoms with E-state index in [9.17, 15) is 9.59 Å². The number of benzene rings is 1. The summed E-state index contributed by atoms with van der Waals surface area (Å²) in [5.41, 5.74) is 0.552. The molecule has 0 bridgehead atoms. The SMILES string of the molecule is O=C(NCCC(=O)N1CCOCC1)c1cccc(S)c1. The van der Waals surface area contributed by atoms with Gasteiger partial charge in [-0.3, -0.25) is 9.59 Å². The Kier molecular flexibility index (Phi) is 5.43. The predicted octanol–water partition coefficient (Wildman–Crippen LogP) is 0.954. The van der Waals surface area contributed by atoms with Gasteiger partial charge in [0.1, 0.15) is 0 Å². The summed E-state index contributed by atoms with van der Waals surface area (Å²) in [4.78, 5) is 26.2. The van der Waals surface area contributed by atoms with Gasteiger partial charge in [-0.1, -0.05) is 6.07 Å². The first-order valence-electron chi connectivity index (χ1n) is 6.59. The van der Waals surface area contributed by atoms with Gasteiger partial charge in [-0.25, -0.2) is 0 Å². The smallest absolute Gasteiger partial charge is 0.251 e. The van der Waals surface area contributed by atoms with Gasteiger partial charge in [0.05, 0.1) is 13.2 Å². The van der Waals surface area contributed by atoms with Gasteiger partial charge in [0.15, 0.2) is 0 Å². The van der Waals surface area contributed by atoms with Crippen LogP contribution < -0.4 is 5.32 Å². The molecule has 0 radical (unpaired) electrons. The molecule has 1 aliphatic heterocycles. The standard InChI is InChI=1S/C14H18N2O3S/c17-13(16-6-8-19-9-7-16)4-5-15-14(18)11-2-1-3-12(20)10-11/h1-3,10,20H,4-9H2,(H,15,18). The van der Waals surface area contributed by atoms with Gasteiger partial charge in [0.25, 0.3) is 5.91 Å². The van der Waals surface area contributed by atoms with E-state index in [1.807, 2.05) is 6.07 Å². The summed E-state index contributed by atoms with van der Waals surface area (Å²) in [5.74, 6) is -0.132. The summed E-state index contributed by atoms with van der Waals surface area (Å²) in [7, 11) is 0. The Morgan fingerprint density at radius 1 is 1.30 bits per heavy atom. The summed E-state index contributed by atoms with van der Waals surface area (Å²) in [5, 5.41) is 2.74. The van der Waals surface area contributed by atoms with Crippen LogP contribution in [0.15, 0.2) is 29.2 Å². The van der Waals surface area contributed by atoms with Crippen molar-refractivity contribution in [2.75, 3.05) is 32.8 Å². The lowest BCUT2D eigenvalue weighted by molar-refractivity contribution is -0.135. The van der Waals surface area contributed by atoms with Crippen LogP contribution in [0.5, 0.6) is 0 Å².